The second kappa shape index (κ2) is 5.91. The van der Waals surface area contributed by atoms with Crippen LogP contribution in [0.4, 0.5) is 0 Å². The monoisotopic (exact) mass is 333 g/mol. The molecule has 0 amide bonds. The maximum Gasteiger partial charge on any atom is 0.234 e. The first-order valence-corrected chi connectivity index (χ1v) is 11.3. The van der Waals surface area contributed by atoms with Crippen molar-refractivity contribution in [1.82, 2.24) is 14.6 Å². The molecule has 3 rings (SSSR count). The van der Waals surface area contributed by atoms with Crippen molar-refractivity contribution < 1.29 is 9.16 Å². The van der Waals surface area contributed by atoms with Crippen molar-refractivity contribution in [3.8, 4) is 5.88 Å². The van der Waals surface area contributed by atoms with Crippen LogP contribution in [0.1, 0.15) is 45.2 Å². The lowest BCUT2D eigenvalue weighted by atomic mass is 10.2. The van der Waals surface area contributed by atoms with E-state index in [-0.39, 0.29) is 5.04 Å². The minimum atomic E-state index is -1.71. The standard InChI is InChI=1S/C17H27N3O2Si/c1-17(2,3)23(4,5)22-11-10-21-16-12-20-15(18-16)9-8-14(19-20)13-6-7-13/h8-9,12-13H,6-7,10-11H2,1-5H3. The summed E-state index contributed by atoms with van der Waals surface area (Å²) < 4.78 is 13.7. The van der Waals surface area contributed by atoms with Gasteiger partial charge in [0, 0.05) is 5.92 Å². The fraction of sp³-hybridized carbons (Fsp3) is 0.647. The summed E-state index contributed by atoms with van der Waals surface area (Å²) in [6.45, 7) is 12.3. The number of imidazole rings is 1. The van der Waals surface area contributed by atoms with Crippen LogP contribution in [0.2, 0.25) is 18.1 Å². The fourth-order valence-corrected chi connectivity index (χ4v) is 3.23. The van der Waals surface area contributed by atoms with E-state index in [1.165, 1.54) is 12.8 Å². The fourth-order valence-electron chi connectivity index (χ4n) is 2.20. The second-order valence-corrected chi connectivity index (χ2v) is 12.7. The predicted octanol–water partition coefficient (Wildman–Crippen LogP) is 4.01. The molecular formula is C17H27N3O2Si. The van der Waals surface area contributed by atoms with Crippen molar-refractivity contribution >= 4 is 14.0 Å². The van der Waals surface area contributed by atoms with Crippen molar-refractivity contribution in [2.45, 2.75) is 57.7 Å². The number of hydrogen-bond acceptors (Lipinski definition) is 4. The molecule has 0 aromatic carbocycles. The summed E-state index contributed by atoms with van der Waals surface area (Å²) in [5.41, 5.74) is 1.98. The summed E-state index contributed by atoms with van der Waals surface area (Å²) in [5, 5.41) is 4.83. The van der Waals surface area contributed by atoms with Gasteiger partial charge in [-0.05, 0) is 43.1 Å². The van der Waals surface area contributed by atoms with Gasteiger partial charge >= 0.3 is 0 Å². The zero-order chi connectivity index (χ0) is 16.7. The average Bonchev–Trinajstić information content (AvgIpc) is 3.22. The van der Waals surface area contributed by atoms with Crippen LogP contribution >= 0.6 is 0 Å². The van der Waals surface area contributed by atoms with Gasteiger partial charge in [-0.15, -0.1) is 0 Å². The number of nitrogens with zero attached hydrogens (tertiary/aromatic N) is 3. The van der Waals surface area contributed by atoms with Gasteiger partial charge in [0.25, 0.3) is 0 Å². The summed E-state index contributed by atoms with van der Waals surface area (Å²) in [6, 6.07) is 4.09. The Kier molecular flexibility index (Phi) is 4.23. The first-order valence-electron chi connectivity index (χ1n) is 8.39. The lowest BCUT2D eigenvalue weighted by molar-refractivity contribution is 0.199. The summed E-state index contributed by atoms with van der Waals surface area (Å²) >= 11 is 0. The van der Waals surface area contributed by atoms with Crippen LogP contribution in [-0.2, 0) is 4.43 Å². The maximum absolute atomic E-state index is 6.11. The molecule has 2 aromatic rings. The Balaban J connectivity index is 1.55. The van der Waals surface area contributed by atoms with Crippen molar-refractivity contribution in [3.63, 3.8) is 0 Å². The quantitative estimate of drug-likeness (QED) is 0.592. The van der Waals surface area contributed by atoms with Gasteiger partial charge in [0.2, 0.25) is 5.88 Å². The molecule has 1 aliphatic carbocycles. The summed E-state index contributed by atoms with van der Waals surface area (Å²) in [4.78, 5) is 4.45. The highest BCUT2D eigenvalue weighted by molar-refractivity contribution is 6.74. The van der Waals surface area contributed by atoms with Gasteiger partial charge in [-0.2, -0.15) is 10.1 Å². The van der Waals surface area contributed by atoms with Gasteiger partial charge < -0.3 is 9.16 Å². The molecule has 1 saturated carbocycles. The minimum Gasteiger partial charge on any atom is -0.474 e. The number of rotatable bonds is 6. The molecule has 2 aromatic heterocycles. The Morgan fingerprint density at radius 2 is 1.96 bits per heavy atom. The highest BCUT2D eigenvalue weighted by atomic mass is 28.4. The Morgan fingerprint density at radius 1 is 1.22 bits per heavy atom. The number of ether oxygens (including phenoxy) is 1. The van der Waals surface area contributed by atoms with E-state index in [1.807, 2.05) is 16.8 Å². The molecule has 0 aliphatic heterocycles. The molecule has 0 radical (unpaired) electrons. The predicted molar refractivity (Wildman–Crippen MR) is 93.6 cm³/mol. The van der Waals surface area contributed by atoms with Crippen molar-refractivity contribution in [2.24, 2.45) is 0 Å². The van der Waals surface area contributed by atoms with E-state index in [2.05, 4.69) is 50.0 Å². The van der Waals surface area contributed by atoms with Crippen molar-refractivity contribution in [3.05, 3.63) is 24.0 Å². The second-order valence-electron chi connectivity index (χ2n) is 7.87. The van der Waals surface area contributed by atoms with Crippen LogP contribution in [0.25, 0.3) is 5.65 Å². The highest BCUT2D eigenvalue weighted by Gasteiger charge is 2.36. The third-order valence-corrected chi connectivity index (χ3v) is 9.45. The first kappa shape index (κ1) is 16.5. The van der Waals surface area contributed by atoms with Gasteiger partial charge in [0.05, 0.1) is 18.5 Å². The van der Waals surface area contributed by atoms with Gasteiger partial charge in [0.1, 0.15) is 6.61 Å². The van der Waals surface area contributed by atoms with Crippen molar-refractivity contribution in [2.75, 3.05) is 13.2 Å². The molecule has 1 fully saturated rings. The maximum atomic E-state index is 6.11. The molecular weight excluding hydrogens is 306 g/mol. The molecule has 0 atom stereocenters. The smallest absolute Gasteiger partial charge is 0.234 e. The lowest BCUT2D eigenvalue weighted by Gasteiger charge is -2.36. The van der Waals surface area contributed by atoms with Crippen LogP contribution in [0, 0.1) is 0 Å². The zero-order valence-electron chi connectivity index (χ0n) is 14.8. The Bertz CT molecular complexity index is 687. The normalized spacial score (nSPS) is 16.0. The van der Waals surface area contributed by atoms with Crippen LogP contribution in [0.3, 0.4) is 0 Å². The Hall–Kier alpha value is -1.40. The van der Waals surface area contributed by atoms with E-state index in [9.17, 15) is 0 Å². The summed E-state index contributed by atoms with van der Waals surface area (Å²) in [7, 11) is -1.71. The number of aromatic nitrogens is 3. The van der Waals surface area contributed by atoms with E-state index >= 15 is 0 Å². The van der Waals surface area contributed by atoms with Crippen molar-refractivity contribution in [1.29, 1.82) is 0 Å². The molecule has 23 heavy (non-hydrogen) atoms. The first-order chi connectivity index (χ1) is 10.8. The third-order valence-electron chi connectivity index (χ3n) is 4.92. The topological polar surface area (TPSA) is 48.7 Å². The van der Waals surface area contributed by atoms with Gasteiger partial charge in [-0.1, -0.05) is 20.8 Å². The average molecular weight is 334 g/mol. The molecule has 0 saturated heterocycles. The van der Waals surface area contributed by atoms with E-state index in [1.54, 1.807) is 0 Å². The van der Waals surface area contributed by atoms with Crippen LogP contribution in [0.15, 0.2) is 18.3 Å². The molecule has 126 valence electrons. The Labute approximate surface area is 139 Å². The molecule has 5 nitrogen and oxygen atoms in total. The third kappa shape index (κ3) is 3.75. The van der Waals surface area contributed by atoms with E-state index < -0.39 is 8.32 Å². The lowest BCUT2D eigenvalue weighted by Crippen LogP contribution is -2.41. The number of fused-ring (bicyclic) bond motifs is 1. The molecule has 0 N–H and O–H groups in total. The highest BCUT2D eigenvalue weighted by Crippen LogP contribution is 2.39. The van der Waals surface area contributed by atoms with Gasteiger partial charge in [-0.25, -0.2) is 4.52 Å². The molecule has 1 aliphatic rings. The van der Waals surface area contributed by atoms with Crippen LogP contribution in [-0.4, -0.2) is 36.1 Å². The van der Waals surface area contributed by atoms with Crippen LogP contribution < -0.4 is 4.74 Å². The molecule has 0 unspecified atom stereocenters. The summed E-state index contributed by atoms with van der Waals surface area (Å²) in [5.74, 6) is 1.26. The van der Waals surface area contributed by atoms with E-state index in [4.69, 9.17) is 9.16 Å². The molecule has 2 heterocycles. The Morgan fingerprint density at radius 3 is 2.61 bits per heavy atom. The van der Waals surface area contributed by atoms with E-state index in [0.29, 0.717) is 25.0 Å². The van der Waals surface area contributed by atoms with E-state index in [0.717, 1.165) is 11.3 Å². The largest absolute Gasteiger partial charge is 0.474 e. The van der Waals surface area contributed by atoms with Gasteiger partial charge in [-0.3, -0.25) is 0 Å². The number of hydrogen-bond donors (Lipinski definition) is 0. The zero-order valence-corrected chi connectivity index (χ0v) is 15.8. The minimum absolute atomic E-state index is 0.221. The molecule has 0 spiro atoms. The van der Waals surface area contributed by atoms with Gasteiger partial charge in [0.15, 0.2) is 14.0 Å². The van der Waals surface area contributed by atoms with Crippen LogP contribution in [0.5, 0.6) is 5.88 Å². The molecule has 6 heteroatoms. The SMILES string of the molecule is CC(C)(C)[Si](C)(C)OCCOc1cn2nc(C3CC3)ccc2n1. The molecule has 0 bridgehead atoms. The summed E-state index contributed by atoms with van der Waals surface area (Å²) in [6.07, 6.45) is 4.36.